The summed E-state index contributed by atoms with van der Waals surface area (Å²) in [6, 6.07) is 18.6. The summed E-state index contributed by atoms with van der Waals surface area (Å²) >= 11 is 0. The average molecular weight is 310 g/mol. The van der Waals surface area contributed by atoms with Gasteiger partial charge in [-0.15, -0.1) is 0 Å². The molecule has 2 aliphatic rings. The first-order valence-corrected chi connectivity index (χ1v) is 8.29. The molecule has 0 unspecified atom stereocenters. The predicted octanol–water partition coefficient (Wildman–Crippen LogP) is 2.65. The number of hydrogen-bond acceptors (Lipinski definition) is 4. The number of piperazine rings is 1. The first-order chi connectivity index (χ1) is 11.4. The minimum Gasteiger partial charge on any atom is -0.486 e. The predicted molar refractivity (Wildman–Crippen MR) is 91.4 cm³/mol. The van der Waals surface area contributed by atoms with E-state index in [1.54, 1.807) is 0 Å². The molecule has 2 heterocycles. The van der Waals surface area contributed by atoms with E-state index in [9.17, 15) is 0 Å². The molecule has 1 saturated heterocycles. The molecular formula is C19H22N2O2. The normalized spacial score (nSPS) is 21.2. The summed E-state index contributed by atoms with van der Waals surface area (Å²) in [6.07, 6.45) is 0.119. The Morgan fingerprint density at radius 1 is 0.826 bits per heavy atom. The van der Waals surface area contributed by atoms with Gasteiger partial charge in [0.1, 0.15) is 12.7 Å². The SMILES string of the molecule is c1ccc(N2CCN(C[C@@H]3COc4ccccc4O3)CC2)cc1. The zero-order chi connectivity index (χ0) is 15.5. The number of para-hydroxylation sites is 3. The lowest BCUT2D eigenvalue weighted by Crippen LogP contribution is -2.50. The molecule has 2 aromatic carbocycles. The average Bonchev–Trinajstić information content (AvgIpc) is 2.63. The third-order valence-corrected chi connectivity index (χ3v) is 4.52. The molecule has 120 valence electrons. The van der Waals surface area contributed by atoms with Gasteiger partial charge in [0.15, 0.2) is 11.5 Å². The molecule has 0 N–H and O–H groups in total. The van der Waals surface area contributed by atoms with Crippen LogP contribution in [-0.2, 0) is 0 Å². The van der Waals surface area contributed by atoms with E-state index in [1.807, 2.05) is 24.3 Å². The number of anilines is 1. The molecular weight excluding hydrogens is 288 g/mol. The minimum absolute atomic E-state index is 0.119. The monoisotopic (exact) mass is 310 g/mol. The molecule has 4 nitrogen and oxygen atoms in total. The Labute approximate surface area is 137 Å². The lowest BCUT2D eigenvalue weighted by atomic mass is 10.2. The molecule has 2 aromatic rings. The van der Waals surface area contributed by atoms with Crippen molar-refractivity contribution in [3.05, 3.63) is 54.6 Å². The first-order valence-electron chi connectivity index (χ1n) is 8.29. The Bertz CT molecular complexity index is 639. The van der Waals surface area contributed by atoms with E-state index < -0.39 is 0 Å². The van der Waals surface area contributed by atoms with Gasteiger partial charge in [0.25, 0.3) is 0 Å². The highest BCUT2D eigenvalue weighted by atomic mass is 16.6. The van der Waals surface area contributed by atoms with E-state index in [1.165, 1.54) is 5.69 Å². The fourth-order valence-electron chi connectivity index (χ4n) is 3.27. The molecule has 1 fully saturated rings. The molecule has 0 radical (unpaired) electrons. The summed E-state index contributed by atoms with van der Waals surface area (Å²) in [5.41, 5.74) is 1.32. The van der Waals surface area contributed by atoms with Gasteiger partial charge < -0.3 is 14.4 Å². The summed E-state index contributed by atoms with van der Waals surface area (Å²) in [6.45, 7) is 5.82. The smallest absolute Gasteiger partial charge is 0.161 e. The molecule has 4 rings (SSSR count). The van der Waals surface area contributed by atoms with Crippen LogP contribution in [0.4, 0.5) is 5.69 Å². The van der Waals surface area contributed by atoms with Crippen molar-refractivity contribution in [2.24, 2.45) is 0 Å². The van der Waals surface area contributed by atoms with Gasteiger partial charge in [-0.05, 0) is 24.3 Å². The van der Waals surface area contributed by atoms with E-state index >= 15 is 0 Å². The molecule has 4 heteroatoms. The Balaban J connectivity index is 1.30. The van der Waals surface area contributed by atoms with E-state index in [0.717, 1.165) is 44.2 Å². The molecule has 2 aliphatic heterocycles. The number of benzene rings is 2. The van der Waals surface area contributed by atoms with Crippen LogP contribution in [0.25, 0.3) is 0 Å². The largest absolute Gasteiger partial charge is 0.486 e. The topological polar surface area (TPSA) is 24.9 Å². The van der Waals surface area contributed by atoms with Crippen molar-refractivity contribution in [3.8, 4) is 11.5 Å². The van der Waals surface area contributed by atoms with Crippen LogP contribution in [0.1, 0.15) is 0 Å². The number of rotatable bonds is 3. The van der Waals surface area contributed by atoms with Gasteiger partial charge >= 0.3 is 0 Å². The zero-order valence-electron chi connectivity index (χ0n) is 13.2. The highest BCUT2D eigenvalue weighted by molar-refractivity contribution is 5.46. The van der Waals surface area contributed by atoms with Crippen LogP contribution in [0, 0.1) is 0 Å². The quantitative estimate of drug-likeness (QED) is 0.870. The van der Waals surface area contributed by atoms with Gasteiger partial charge in [-0.25, -0.2) is 0 Å². The van der Waals surface area contributed by atoms with Crippen LogP contribution in [0.2, 0.25) is 0 Å². The van der Waals surface area contributed by atoms with Gasteiger partial charge in [0, 0.05) is 38.4 Å². The summed E-state index contributed by atoms with van der Waals surface area (Å²) < 4.78 is 11.9. The fraction of sp³-hybridized carbons (Fsp3) is 0.368. The second-order valence-corrected chi connectivity index (χ2v) is 6.12. The van der Waals surface area contributed by atoms with Crippen LogP contribution < -0.4 is 14.4 Å². The molecule has 23 heavy (non-hydrogen) atoms. The molecule has 0 saturated carbocycles. The molecule has 0 bridgehead atoms. The maximum atomic E-state index is 6.07. The summed E-state index contributed by atoms with van der Waals surface area (Å²) in [5, 5.41) is 0. The maximum Gasteiger partial charge on any atom is 0.161 e. The van der Waals surface area contributed by atoms with Crippen molar-refractivity contribution in [2.45, 2.75) is 6.10 Å². The van der Waals surface area contributed by atoms with Crippen LogP contribution in [0.15, 0.2) is 54.6 Å². The highest BCUT2D eigenvalue weighted by Gasteiger charge is 2.25. The lowest BCUT2D eigenvalue weighted by Gasteiger charge is -2.38. The second-order valence-electron chi connectivity index (χ2n) is 6.12. The van der Waals surface area contributed by atoms with Crippen LogP contribution >= 0.6 is 0 Å². The van der Waals surface area contributed by atoms with Gasteiger partial charge in [0.2, 0.25) is 0 Å². The van der Waals surface area contributed by atoms with Crippen LogP contribution in [0.5, 0.6) is 11.5 Å². The van der Waals surface area contributed by atoms with Crippen molar-refractivity contribution in [3.63, 3.8) is 0 Å². The second kappa shape index (κ2) is 6.50. The molecule has 1 atom stereocenters. The summed E-state index contributed by atoms with van der Waals surface area (Å²) in [7, 11) is 0. The van der Waals surface area contributed by atoms with Gasteiger partial charge in [-0.2, -0.15) is 0 Å². The summed E-state index contributed by atoms with van der Waals surface area (Å²) in [4.78, 5) is 4.92. The Hall–Kier alpha value is -2.20. The maximum absolute atomic E-state index is 6.07. The van der Waals surface area contributed by atoms with Gasteiger partial charge in [-0.3, -0.25) is 4.90 Å². The minimum atomic E-state index is 0.119. The van der Waals surface area contributed by atoms with Crippen molar-refractivity contribution in [1.82, 2.24) is 4.90 Å². The third-order valence-electron chi connectivity index (χ3n) is 4.52. The van der Waals surface area contributed by atoms with Gasteiger partial charge in [-0.1, -0.05) is 30.3 Å². The van der Waals surface area contributed by atoms with E-state index in [-0.39, 0.29) is 6.10 Å². The molecule has 0 aromatic heterocycles. The standard InChI is InChI=1S/C19H22N2O2/c1-2-6-16(7-3-1)21-12-10-20(11-13-21)14-17-15-22-18-8-4-5-9-19(18)23-17/h1-9,17H,10-15H2/t17-/m1/s1. The molecule has 0 aliphatic carbocycles. The lowest BCUT2D eigenvalue weighted by molar-refractivity contribution is 0.0571. The van der Waals surface area contributed by atoms with Crippen molar-refractivity contribution in [2.75, 3.05) is 44.2 Å². The number of fused-ring (bicyclic) bond motifs is 1. The van der Waals surface area contributed by atoms with Crippen LogP contribution in [-0.4, -0.2) is 50.3 Å². The van der Waals surface area contributed by atoms with Crippen molar-refractivity contribution < 1.29 is 9.47 Å². The Kier molecular flexibility index (Phi) is 4.07. The van der Waals surface area contributed by atoms with E-state index in [0.29, 0.717) is 6.61 Å². The Morgan fingerprint density at radius 3 is 2.30 bits per heavy atom. The molecule has 0 spiro atoms. The number of hydrogen-bond donors (Lipinski definition) is 0. The molecule has 0 amide bonds. The Morgan fingerprint density at radius 2 is 1.52 bits per heavy atom. The first kappa shape index (κ1) is 14.4. The van der Waals surface area contributed by atoms with Gasteiger partial charge in [0.05, 0.1) is 0 Å². The fourth-order valence-corrected chi connectivity index (χ4v) is 3.27. The van der Waals surface area contributed by atoms with Crippen LogP contribution in [0.3, 0.4) is 0 Å². The highest BCUT2D eigenvalue weighted by Crippen LogP contribution is 2.31. The number of nitrogens with zero attached hydrogens (tertiary/aromatic N) is 2. The summed E-state index contributed by atoms with van der Waals surface area (Å²) in [5.74, 6) is 1.73. The third kappa shape index (κ3) is 3.27. The van der Waals surface area contributed by atoms with E-state index in [2.05, 4.69) is 40.1 Å². The van der Waals surface area contributed by atoms with Crippen molar-refractivity contribution in [1.29, 1.82) is 0 Å². The number of ether oxygens (including phenoxy) is 2. The van der Waals surface area contributed by atoms with Crippen molar-refractivity contribution >= 4 is 5.69 Å². The zero-order valence-corrected chi connectivity index (χ0v) is 13.2. The van der Waals surface area contributed by atoms with E-state index in [4.69, 9.17) is 9.47 Å².